The number of rotatable bonds is 12. The molecule has 4 N–H and O–H groups in total. The molecule has 6 aromatic rings. The molecule has 4 aromatic heterocycles. The molecule has 12 nitrogen and oxygen atoms in total. The van der Waals surface area contributed by atoms with Crippen molar-refractivity contribution >= 4 is 89.3 Å². The third-order valence-electron chi connectivity index (χ3n) is 9.66. The van der Waals surface area contributed by atoms with Crippen molar-refractivity contribution in [2.45, 2.75) is 65.6 Å². The van der Waals surface area contributed by atoms with Gasteiger partial charge in [-0.1, -0.05) is 65.7 Å². The fourth-order valence-electron chi connectivity index (χ4n) is 7.20. The van der Waals surface area contributed by atoms with Crippen LogP contribution < -0.4 is 0 Å². The molecular formula is C35H28Cl4N4O8S4. The minimum absolute atomic E-state index is 0.185. The topological polar surface area (TPSA) is 185 Å². The van der Waals surface area contributed by atoms with Crippen molar-refractivity contribution in [2.75, 3.05) is 0 Å². The maximum atomic E-state index is 11.9. The van der Waals surface area contributed by atoms with Crippen LogP contribution in [0, 0.1) is 0 Å². The molecule has 0 amide bonds. The summed E-state index contributed by atoms with van der Waals surface area (Å²) in [4.78, 5) is 1.42. The summed E-state index contributed by atoms with van der Waals surface area (Å²) in [5.41, 5.74) is 5.65. The van der Waals surface area contributed by atoms with E-state index in [1.54, 1.807) is 45.8 Å². The van der Waals surface area contributed by atoms with Crippen molar-refractivity contribution in [3.8, 4) is 33.9 Å². The number of benzene rings is 2. The molecule has 2 aliphatic carbocycles. The first-order chi connectivity index (χ1) is 26.0. The minimum atomic E-state index is -4.42. The summed E-state index contributed by atoms with van der Waals surface area (Å²) >= 11 is 27.3. The van der Waals surface area contributed by atoms with Gasteiger partial charge in [-0.15, -0.1) is 22.7 Å². The van der Waals surface area contributed by atoms with Gasteiger partial charge < -0.3 is 10.2 Å². The van der Waals surface area contributed by atoms with Gasteiger partial charge in [-0.25, -0.2) is 9.36 Å². The number of halogens is 4. The van der Waals surface area contributed by atoms with E-state index in [-0.39, 0.29) is 8.42 Å². The zero-order valence-electron chi connectivity index (χ0n) is 28.1. The molecule has 2 aromatic carbocycles. The second-order valence-corrected chi connectivity index (χ2v) is 20.5. The lowest BCUT2D eigenvalue weighted by Gasteiger charge is -2.12. The maximum absolute atomic E-state index is 11.9. The zero-order valence-corrected chi connectivity index (χ0v) is 34.4. The third kappa shape index (κ3) is 7.19. The van der Waals surface area contributed by atoms with Gasteiger partial charge in [0.1, 0.15) is 8.42 Å². The number of thiophene rings is 2. The number of unbranched alkanes of at least 4 members (excludes halogenated alkanes) is 2. The Kier molecular flexibility index (Phi) is 10.3. The van der Waals surface area contributed by atoms with Crippen LogP contribution in [0.15, 0.2) is 56.9 Å². The molecule has 0 spiro atoms. The molecule has 20 heteroatoms. The minimum Gasteiger partial charge on any atom is -0.387 e. The number of aromatic nitrogens is 4. The van der Waals surface area contributed by atoms with Crippen molar-refractivity contribution < 1.29 is 36.2 Å². The Morgan fingerprint density at radius 3 is 1.40 bits per heavy atom. The van der Waals surface area contributed by atoms with Crippen molar-refractivity contribution in [3.05, 3.63) is 101 Å². The summed E-state index contributed by atoms with van der Waals surface area (Å²) in [6, 6.07) is 12.6. The lowest BCUT2D eigenvalue weighted by Crippen LogP contribution is -2.05. The van der Waals surface area contributed by atoms with E-state index in [0.29, 0.717) is 120 Å². The lowest BCUT2D eigenvalue weighted by molar-refractivity contribution is 0.148. The molecular weight excluding hydrogens is 874 g/mol. The Balaban J connectivity index is 0.991. The van der Waals surface area contributed by atoms with Crippen molar-refractivity contribution in [1.82, 2.24) is 19.6 Å². The normalized spacial score (nSPS) is 14.5. The van der Waals surface area contributed by atoms with Gasteiger partial charge in [-0.05, 0) is 61.4 Å². The molecule has 0 radical (unpaired) electrons. The standard InChI is InChI=1S/C35H28Cl4N4O8S4/c36-16-6-8-24(22(38)10-16)42-34-18-14-30(54(46,47)48)52-28(18)12-20(34)32(40-42)26(44)4-2-1-3-5-27(45)33-21-13-29-19(15-31(53-29)55(49,50)51)35(21)43(41-33)25-9-7-17(37)11-23(25)39/h6-11,14-15,26-27,44-45H,1-5,12-13H2,(H,46,47,48)(H,49,50,51). The molecule has 0 saturated heterocycles. The van der Waals surface area contributed by atoms with E-state index in [2.05, 4.69) is 0 Å². The number of hydrogen-bond acceptors (Lipinski definition) is 10. The average molecular weight is 903 g/mol. The van der Waals surface area contributed by atoms with Crippen LogP contribution in [0.5, 0.6) is 0 Å². The van der Waals surface area contributed by atoms with Crippen LogP contribution in [-0.2, 0) is 33.1 Å². The first-order valence-corrected chi connectivity index (χ1v) is 22.7. The van der Waals surface area contributed by atoms with E-state index >= 15 is 0 Å². The van der Waals surface area contributed by atoms with Gasteiger partial charge in [0.15, 0.2) is 0 Å². The van der Waals surface area contributed by atoms with E-state index in [0.717, 1.165) is 33.8 Å². The monoisotopic (exact) mass is 900 g/mol. The Bertz CT molecular complexity index is 2570. The van der Waals surface area contributed by atoms with Crippen LogP contribution in [-0.4, -0.2) is 55.7 Å². The highest BCUT2D eigenvalue weighted by atomic mass is 35.5. The number of nitrogens with zero attached hydrogens (tertiary/aromatic N) is 4. The summed E-state index contributed by atoms with van der Waals surface area (Å²) in [5, 5.41) is 33.8. The molecule has 2 atom stereocenters. The second-order valence-electron chi connectivity index (χ2n) is 13.2. The highest BCUT2D eigenvalue weighted by Crippen LogP contribution is 2.49. The van der Waals surface area contributed by atoms with Gasteiger partial charge in [0.25, 0.3) is 0 Å². The van der Waals surface area contributed by atoms with Crippen molar-refractivity contribution in [2.24, 2.45) is 0 Å². The fraction of sp³-hybridized carbons (Fsp3) is 0.257. The highest BCUT2D eigenvalue weighted by Gasteiger charge is 2.36. The highest BCUT2D eigenvalue weighted by molar-refractivity contribution is 7.88. The van der Waals surface area contributed by atoms with Gasteiger partial charge >= 0.3 is 20.2 Å². The Morgan fingerprint density at radius 2 is 1.04 bits per heavy atom. The van der Waals surface area contributed by atoms with Crippen LogP contribution in [0.3, 0.4) is 0 Å². The van der Waals surface area contributed by atoms with Crippen LogP contribution in [0.2, 0.25) is 20.1 Å². The van der Waals surface area contributed by atoms with E-state index in [9.17, 15) is 36.2 Å². The molecule has 2 unspecified atom stereocenters. The van der Waals surface area contributed by atoms with E-state index in [1.165, 1.54) is 12.1 Å². The van der Waals surface area contributed by atoms with Crippen LogP contribution in [0.4, 0.5) is 0 Å². The molecule has 288 valence electrons. The van der Waals surface area contributed by atoms with E-state index < -0.39 is 32.4 Å². The maximum Gasteiger partial charge on any atom is 0.304 e. The van der Waals surface area contributed by atoms with E-state index in [1.807, 2.05) is 0 Å². The number of aliphatic hydroxyl groups excluding tert-OH is 2. The predicted molar refractivity (Wildman–Crippen MR) is 212 cm³/mol. The summed E-state index contributed by atoms with van der Waals surface area (Å²) in [6.07, 6.45) is 1.25. The van der Waals surface area contributed by atoms with Gasteiger partial charge in [0.2, 0.25) is 0 Å². The smallest absolute Gasteiger partial charge is 0.304 e. The molecule has 0 bridgehead atoms. The quantitative estimate of drug-likeness (QED) is 0.0681. The van der Waals surface area contributed by atoms with Crippen molar-refractivity contribution in [3.63, 3.8) is 0 Å². The summed E-state index contributed by atoms with van der Waals surface area (Å²) in [7, 11) is -8.85. The lowest BCUT2D eigenvalue weighted by atomic mass is 10.0. The SMILES string of the molecule is O=S(=O)(O)c1cc2c(s1)Cc1c(C(O)CCCCCC(O)c3nn(-c4ccc(Cl)cc4Cl)c4c3Cc3sc(S(=O)(=O)O)cc3-4)nn(-c3ccc(Cl)cc3Cl)c1-2. The molecule has 0 aliphatic heterocycles. The zero-order chi connectivity index (χ0) is 39.1. The van der Waals surface area contributed by atoms with Crippen LogP contribution in [0.25, 0.3) is 33.9 Å². The fourth-order valence-corrected chi connectivity index (χ4v) is 12.0. The summed E-state index contributed by atoms with van der Waals surface area (Å²) in [6.45, 7) is 0. The van der Waals surface area contributed by atoms with E-state index in [4.69, 9.17) is 56.6 Å². The van der Waals surface area contributed by atoms with Gasteiger partial charge in [-0.2, -0.15) is 27.0 Å². The Morgan fingerprint density at radius 1 is 0.636 bits per heavy atom. The molecule has 2 aliphatic rings. The van der Waals surface area contributed by atoms with Crippen molar-refractivity contribution in [1.29, 1.82) is 0 Å². The Hall–Kier alpha value is -2.84. The number of hydrogen-bond donors (Lipinski definition) is 4. The van der Waals surface area contributed by atoms with Crippen LogP contribution >= 0.6 is 69.1 Å². The number of fused-ring (bicyclic) bond motifs is 6. The molecule has 8 rings (SSSR count). The molecule has 0 fully saturated rings. The number of aliphatic hydroxyl groups is 2. The molecule has 0 saturated carbocycles. The first kappa shape index (κ1) is 39.0. The van der Waals surface area contributed by atoms with Crippen LogP contribution in [0.1, 0.15) is 76.6 Å². The summed E-state index contributed by atoms with van der Waals surface area (Å²) in [5.74, 6) is 0. The van der Waals surface area contributed by atoms with Gasteiger partial charge in [0, 0.05) is 54.9 Å². The summed E-state index contributed by atoms with van der Waals surface area (Å²) < 4.78 is 69.9. The predicted octanol–water partition coefficient (Wildman–Crippen LogP) is 9.15. The largest absolute Gasteiger partial charge is 0.387 e. The Labute approximate surface area is 343 Å². The van der Waals surface area contributed by atoms with Gasteiger partial charge in [-0.3, -0.25) is 9.11 Å². The molecule has 4 heterocycles. The van der Waals surface area contributed by atoms with Gasteiger partial charge in [0.05, 0.1) is 56.4 Å². The third-order valence-corrected chi connectivity index (χ3v) is 15.6. The second kappa shape index (κ2) is 14.5. The molecule has 55 heavy (non-hydrogen) atoms. The average Bonchev–Trinajstić information content (AvgIpc) is 3.92. The first-order valence-electron chi connectivity index (χ1n) is 16.7.